The molecular weight excluding hydrogens is 290 g/mol. The first-order chi connectivity index (χ1) is 10.0. The molecule has 0 radical (unpaired) electrons. The van der Waals surface area contributed by atoms with Gasteiger partial charge in [-0.3, -0.25) is 9.36 Å². The minimum absolute atomic E-state index is 0.104. The third-order valence-corrected chi connectivity index (χ3v) is 3.88. The second-order valence-electron chi connectivity index (χ2n) is 4.82. The number of aliphatic hydroxyl groups is 1. The molecule has 2 aromatic rings. The van der Waals surface area contributed by atoms with Crippen molar-refractivity contribution in [3.63, 3.8) is 0 Å². The first-order valence-corrected chi connectivity index (χ1v) is 7.51. The number of thioether (sulfide) groups is 1. The van der Waals surface area contributed by atoms with E-state index in [2.05, 4.69) is 24.0 Å². The van der Waals surface area contributed by atoms with Crippen molar-refractivity contribution in [1.82, 2.24) is 14.8 Å². The van der Waals surface area contributed by atoms with Gasteiger partial charge in [0.05, 0.1) is 5.75 Å². The van der Waals surface area contributed by atoms with E-state index in [1.807, 2.05) is 24.3 Å². The van der Waals surface area contributed by atoms with Crippen LogP contribution in [0.1, 0.15) is 31.2 Å². The summed E-state index contributed by atoms with van der Waals surface area (Å²) in [4.78, 5) is 10.7. The number of nitrogens with zero attached hydrogens (tertiary/aromatic N) is 3. The van der Waals surface area contributed by atoms with Crippen LogP contribution in [0.2, 0.25) is 0 Å². The summed E-state index contributed by atoms with van der Waals surface area (Å²) in [6.07, 6.45) is 0. The smallest absolute Gasteiger partial charge is 0.313 e. The standard InChI is InChI=1S/C14H17N3O3S/c1-9(2)10-4-3-5-11(6-10)17-12(7-18)15-16-14(17)21-8-13(19)20/h3-6,9,18H,7-8H2,1-2H3,(H,19,20). The van der Waals surface area contributed by atoms with Gasteiger partial charge in [-0.1, -0.05) is 37.7 Å². The van der Waals surface area contributed by atoms with Crippen molar-refractivity contribution < 1.29 is 15.0 Å². The van der Waals surface area contributed by atoms with Crippen LogP contribution in [-0.2, 0) is 11.4 Å². The Kier molecular flexibility index (Phi) is 4.98. The van der Waals surface area contributed by atoms with Crippen molar-refractivity contribution in [2.75, 3.05) is 5.75 Å². The Morgan fingerprint density at radius 1 is 1.38 bits per heavy atom. The average molecular weight is 307 g/mol. The van der Waals surface area contributed by atoms with Gasteiger partial charge in [0.2, 0.25) is 0 Å². The monoisotopic (exact) mass is 307 g/mol. The molecule has 1 aromatic carbocycles. The van der Waals surface area contributed by atoms with Crippen molar-refractivity contribution in [3.8, 4) is 5.69 Å². The first-order valence-electron chi connectivity index (χ1n) is 6.53. The highest BCUT2D eigenvalue weighted by Gasteiger charge is 2.15. The van der Waals surface area contributed by atoms with Crippen LogP contribution in [0.4, 0.5) is 0 Å². The van der Waals surface area contributed by atoms with Crippen LogP contribution in [0.5, 0.6) is 0 Å². The molecule has 0 aliphatic carbocycles. The molecule has 2 N–H and O–H groups in total. The Balaban J connectivity index is 2.43. The van der Waals surface area contributed by atoms with Crippen LogP contribution in [0.15, 0.2) is 29.4 Å². The summed E-state index contributed by atoms with van der Waals surface area (Å²) in [5.74, 6) is -0.262. The fourth-order valence-electron chi connectivity index (χ4n) is 1.90. The average Bonchev–Trinajstić information content (AvgIpc) is 2.88. The Bertz CT molecular complexity index is 640. The maximum Gasteiger partial charge on any atom is 0.313 e. The molecule has 2 rings (SSSR count). The zero-order chi connectivity index (χ0) is 15.4. The molecule has 0 spiro atoms. The number of aliphatic carboxylic acids is 1. The normalized spacial score (nSPS) is 11.0. The van der Waals surface area contributed by atoms with E-state index in [1.165, 1.54) is 0 Å². The third kappa shape index (κ3) is 3.62. The predicted octanol–water partition coefficient (Wildman–Crippen LogP) is 2.06. The summed E-state index contributed by atoms with van der Waals surface area (Å²) in [5, 5.41) is 26.5. The molecule has 7 heteroatoms. The van der Waals surface area contributed by atoms with Gasteiger partial charge in [-0.05, 0) is 23.6 Å². The van der Waals surface area contributed by atoms with E-state index < -0.39 is 5.97 Å². The molecule has 0 aliphatic rings. The van der Waals surface area contributed by atoms with Crippen molar-refractivity contribution in [1.29, 1.82) is 0 Å². The van der Waals surface area contributed by atoms with E-state index in [4.69, 9.17) is 5.11 Å². The summed E-state index contributed by atoms with van der Waals surface area (Å²) < 4.78 is 1.69. The highest BCUT2D eigenvalue weighted by atomic mass is 32.2. The van der Waals surface area contributed by atoms with Crippen LogP contribution in [-0.4, -0.2) is 36.7 Å². The lowest BCUT2D eigenvalue weighted by Gasteiger charge is -2.12. The second-order valence-corrected chi connectivity index (χ2v) is 5.77. The van der Waals surface area contributed by atoms with E-state index in [-0.39, 0.29) is 12.4 Å². The molecule has 0 amide bonds. The molecule has 1 heterocycles. The zero-order valence-corrected chi connectivity index (χ0v) is 12.7. The number of aliphatic hydroxyl groups excluding tert-OH is 1. The van der Waals surface area contributed by atoms with Gasteiger partial charge >= 0.3 is 5.97 Å². The van der Waals surface area contributed by atoms with Gasteiger partial charge < -0.3 is 10.2 Å². The molecular formula is C14H17N3O3S. The molecule has 0 saturated heterocycles. The van der Waals surface area contributed by atoms with Crippen molar-refractivity contribution in [3.05, 3.63) is 35.7 Å². The maximum absolute atomic E-state index is 10.7. The van der Waals surface area contributed by atoms with Crippen LogP contribution in [0, 0.1) is 0 Å². The van der Waals surface area contributed by atoms with Gasteiger partial charge in [-0.15, -0.1) is 10.2 Å². The van der Waals surface area contributed by atoms with E-state index >= 15 is 0 Å². The lowest BCUT2D eigenvalue weighted by molar-refractivity contribution is -0.133. The summed E-state index contributed by atoms with van der Waals surface area (Å²) >= 11 is 1.08. The Hall–Kier alpha value is -1.86. The molecule has 6 nitrogen and oxygen atoms in total. The van der Waals surface area contributed by atoms with Crippen LogP contribution in [0.3, 0.4) is 0 Å². The van der Waals surface area contributed by atoms with Crippen LogP contribution < -0.4 is 0 Å². The largest absolute Gasteiger partial charge is 0.481 e. The van der Waals surface area contributed by atoms with Crippen LogP contribution >= 0.6 is 11.8 Å². The van der Waals surface area contributed by atoms with E-state index in [0.717, 1.165) is 23.0 Å². The van der Waals surface area contributed by atoms with Gasteiger partial charge in [0.1, 0.15) is 6.61 Å². The first kappa shape index (κ1) is 15.5. The number of carboxylic acids is 1. The Morgan fingerprint density at radius 3 is 2.76 bits per heavy atom. The van der Waals surface area contributed by atoms with Crippen molar-refractivity contribution >= 4 is 17.7 Å². The summed E-state index contributed by atoms with van der Waals surface area (Å²) in [6.45, 7) is 3.93. The number of rotatable bonds is 6. The number of carboxylic acid groups (broad SMARTS) is 1. The number of benzene rings is 1. The molecule has 0 bridgehead atoms. The number of hydrogen-bond donors (Lipinski definition) is 2. The van der Waals surface area contributed by atoms with E-state index in [9.17, 15) is 9.90 Å². The SMILES string of the molecule is CC(C)c1cccc(-n2c(CO)nnc2SCC(=O)O)c1. The second kappa shape index (κ2) is 6.73. The maximum atomic E-state index is 10.7. The number of carbonyl (C=O) groups is 1. The number of hydrogen-bond acceptors (Lipinski definition) is 5. The molecule has 0 saturated carbocycles. The van der Waals surface area contributed by atoms with Gasteiger partial charge in [-0.25, -0.2) is 0 Å². The minimum atomic E-state index is -0.920. The molecule has 21 heavy (non-hydrogen) atoms. The summed E-state index contributed by atoms with van der Waals surface area (Å²) in [7, 11) is 0. The molecule has 0 aliphatic heterocycles. The fraction of sp³-hybridized carbons (Fsp3) is 0.357. The third-order valence-electron chi connectivity index (χ3n) is 2.96. The van der Waals surface area contributed by atoms with Crippen molar-refractivity contribution in [2.45, 2.75) is 31.5 Å². The molecule has 0 atom stereocenters. The highest BCUT2D eigenvalue weighted by Crippen LogP contribution is 2.24. The minimum Gasteiger partial charge on any atom is -0.481 e. The molecule has 0 fully saturated rings. The van der Waals surface area contributed by atoms with Gasteiger partial charge in [0.15, 0.2) is 11.0 Å². The summed E-state index contributed by atoms with van der Waals surface area (Å²) in [6, 6.07) is 7.84. The Morgan fingerprint density at radius 2 is 2.14 bits per heavy atom. The lowest BCUT2D eigenvalue weighted by atomic mass is 10.0. The number of aromatic nitrogens is 3. The topological polar surface area (TPSA) is 88.2 Å². The van der Waals surface area contributed by atoms with E-state index in [0.29, 0.717) is 16.9 Å². The molecule has 112 valence electrons. The quantitative estimate of drug-likeness (QED) is 0.794. The Labute approximate surface area is 126 Å². The van der Waals surface area contributed by atoms with Gasteiger partial charge in [-0.2, -0.15) is 0 Å². The zero-order valence-electron chi connectivity index (χ0n) is 11.9. The van der Waals surface area contributed by atoms with Gasteiger partial charge in [0.25, 0.3) is 0 Å². The summed E-state index contributed by atoms with van der Waals surface area (Å²) in [5.41, 5.74) is 1.97. The van der Waals surface area contributed by atoms with Crippen molar-refractivity contribution in [2.24, 2.45) is 0 Å². The molecule has 0 unspecified atom stereocenters. The fourth-order valence-corrected chi connectivity index (χ4v) is 2.60. The van der Waals surface area contributed by atoms with E-state index in [1.54, 1.807) is 4.57 Å². The predicted molar refractivity (Wildman–Crippen MR) is 79.7 cm³/mol. The lowest BCUT2D eigenvalue weighted by Crippen LogP contribution is -2.05. The molecule has 1 aromatic heterocycles. The van der Waals surface area contributed by atoms with Crippen LogP contribution in [0.25, 0.3) is 5.69 Å². The van der Waals surface area contributed by atoms with Gasteiger partial charge in [0, 0.05) is 5.69 Å². The highest BCUT2D eigenvalue weighted by molar-refractivity contribution is 7.99.